The van der Waals surface area contributed by atoms with Crippen molar-refractivity contribution in [2.24, 2.45) is 0 Å². The van der Waals surface area contributed by atoms with E-state index in [1.807, 2.05) is 36.4 Å². The number of hydrogen-bond acceptors (Lipinski definition) is 7. The van der Waals surface area contributed by atoms with Crippen LogP contribution in [0.5, 0.6) is 11.5 Å². The van der Waals surface area contributed by atoms with Gasteiger partial charge in [0.25, 0.3) is 5.91 Å². The molecule has 1 unspecified atom stereocenters. The zero-order valence-corrected chi connectivity index (χ0v) is 23.8. The molecule has 1 atom stereocenters. The number of methoxy groups -OCH3 is 3. The minimum atomic E-state index is -1.41. The molecule has 1 aliphatic heterocycles. The number of carbonyl (C=O) groups is 3. The summed E-state index contributed by atoms with van der Waals surface area (Å²) in [5, 5.41) is 0. The number of carbonyl (C=O) groups excluding carboxylic acids is 3. The van der Waals surface area contributed by atoms with Crippen molar-refractivity contribution in [1.29, 1.82) is 0 Å². The fraction of sp³-hybridized carbons (Fsp3) is 0.344. The summed E-state index contributed by atoms with van der Waals surface area (Å²) in [7, 11) is 4.17. The topological polar surface area (TPSA) is 91.4 Å². The molecule has 0 N–H and O–H groups in total. The van der Waals surface area contributed by atoms with Gasteiger partial charge in [-0.25, -0.2) is 9.59 Å². The van der Waals surface area contributed by atoms with E-state index >= 15 is 0 Å². The van der Waals surface area contributed by atoms with E-state index in [0.717, 1.165) is 11.1 Å². The van der Waals surface area contributed by atoms with Gasteiger partial charge in [0.2, 0.25) is 0 Å². The summed E-state index contributed by atoms with van der Waals surface area (Å²) in [6.07, 6.45) is 0.332. The molecule has 1 aliphatic rings. The second-order valence-electron chi connectivity index (χ2n) is 10.8. The van der Waals surface area contributed by atoms with E-state index in [4.69, 9.17) is 18.9 Å². The van der Waals surface area contributed by atoms with Gasteiger partial charge >= 0.3 is 11.9 Å². The van der Waals surface area contributed by atoms with Crippen LogP contribution in [0, 0.1) is 0 Å². The van der Waals surface area contributed by atoms with Crippen molar-refractivity contribution < 1.29 is 33.3 Å². The maximum Gasteiger partial charge on any atom is 0.343 e. The first-order valence-corrected chi connectivity index (χ1v) is 13.0. The number of hydrogen-bond donors (Lipinski definition) is 0. The standard InChI is InChI=1S/C32H35NO7/c1-31(2,3)24-16-15-22(17-27(24)37-4)29(35)33-25-13-10-14-26(40-20-28(34)38-5)23(25)19-32(33,30(36)39-6)18-21-11-8-7-9-12-21/h7-17H,18-20H2,1-6H3. The lowest BCUT2D eigenvalue weighted by Crippen LogP contribution is -2.58. The monoisotopic (exact) mass is 545 g/mol. The van der Waals surface area contributed by atoms with Gasteiger partial charge in [-0.15, -0.1) is 0 Å². The first-order valence-electron chi connectivity index (χ1n) is 13.0. The number of fused-ring (bicyclic) bond motifs is 1. The number of benzene rings is 3. The average molecular weight is 546 g/mol. The molecule has 4 rings (SSSR count). The third kappa shape index (κ3) is 5.39. The van der Waals surface area contributed by atoms with Gasteiger partial charge in [-0.3, -0.25) is 9.69 Å². The van der Waals surface area contributed by atoms with Crippen LogP contribution in [0.15, 0.2) is 66.7 Å². The summed E-state index contributed by atoms with van der Waals surface area (Å²) >= 11 is 0. The Labute approximate surface area is 234 Å². The van der Waals surface area contributed by atoms with E-state index < -0.39 is 17.5 Å². The molecular formula is C32H35NO7. The highest BCUT2D eigenvalue weighted by Crippen LogP contribution is 2.47. The molecule has 3 aromatic carbocycles. The molecule has 40 heavy (non-hydrogen) atoms. The molecule has 3 aromatic rings. The number of nitrogens with zero attached hydrogens (tertiary/aromatic N) is 1. The summed E-state index contributed by atoms with van der Waals surface area (Å²) in [6.45, 7) is 5.90. The Balaban J connectivity index is 1.89. The van der Waals surface area contributed by atoms with Gasteiger partial charge in [0, 0.05) is 24.0 Å². The van der Waals surface area contributed by atoms with E-state index in [2.05, 4.69) is 20.8 Å². The van der Waals surface area contributed by atoms with Crippen LogP contribution in [0.1, 0.15) is 47.8 Å². The predicted octanol–water partition coefficient (Wildman–Crippen LogP) is 4.90. The van der Waals surface area contributed by atoms with Crippen LogP contribution in [0.3, 0.4) is 0 Å². The highest BCUT2D eigenvalue weighted by atomic mass is 16.6. The molecule has 0 aromatic heterocycles. The third-order valence-corrected chi connectivity index (χ3v) is 7.18. The van der Waals surface area contributed by atoms with Gasteiger partial charge in [-0.1, -0.05) is 63.2 Å². The Hall–Kier alpha value is -4.33. The van der Waals surface area contributed by atoms with E-state index in [-0.39, 0.29) is 30.8 Å². The Kier molecular flexibility index (Phi) is 8.18. The maximum absolute atomic E-state index is 14.4. The van der Waals surface area contributed by atoms with Crippen LogP contribution in [-0.2, 0) is 37.3 Å². The van der Waals surface area contributed by atoms with Crippen molar-refractivity contribution in [3.05, 3.63) is 89.0 Å². The largest absolute Gasteiger partial charge is 0.496 e. The van der Waals surface area contributed by atoms with Gasteiger partial charge < -0.3 is 18.9 Å². The summed E-state index contributed by atoms with van der Waals surface area (Å²) in [6, 6.07) is 20.0. The van der Waals surface area contributed by atoms with Crippen LogP contribution >= 0.6 is 0 Å². The first kappa shape index (κ1) is 28.7. The summed E-state index contributed by atoms with van der Waals surface area (Å²) in [5.74, 6) is -0.514. The average Bonchev–Trinajstić information content (AvgIpc) is 3.29. The summed E-state index contributed by atoms with van der Waals surface area (Å²) < 4.78 is 21.5. The quantitative estimate of drug-likeness (QED) is 0.372. The molecule has 210 valence electrons. The van der Waals surface area contributed by atoms with Crippen molar-refractivity contribution >= 4 is 23.5 Å². The molecule has 1 amide bonds. The van der Waals surface area contributed by atoms with E-state index in [1.165, 1.54) is 19.1 Å². The number of esters is 2. The predicted molar refractivity (Wildman–Crippen MR) is 151 cm³/mol. The van der Waals surface area contributed by atoms with Crippen molar-refractivity contribution in [3.63, 3.8) is 0 Å². The molecular weight excluding hydrogens is 510 g/mol. The third-order valence-electron chi connectivity index (χ3n) is 7.18. The minimum absolute atomic E-state index is 0.129. The molecule has 8 heteroatoms. The Morgan fingerprint density at radius 2 is 1.60 bits per heavy atom. The Bertz CT molecular complexity index is 1410. The molecule has 0 aliphatic carbocycles. The zero-order chi connectivity index (χ0) is 29.1. The highest BCUT2D eigenvalue weighted by molar-refractivity contribution is 6.13. The Morgan fingerprint density at radius 3 is 2.23 bits per heavy atom. The number of anilines is 1. The van der Waals surface area contributed by atoms with Crippen molar-refractivity contribution in [1.82, 2.24) is 0 Å². The molecule has 0 radical (unpaired) electrons. The fourth-order valence-corrected chi connectivity index (χ4v) is 5.25. The smallest absolute Gasteiger partial charge is 0.343 e. The van der Waals surface area contributed by atoms with Crippen LogP contribution in [-0.4, -0.2) is 51.3 Å². The van der Waals surface area contributed by atoms with Gasteiger partial charge in [0.15, 0.2) is 12.1 Å². The number of rotatable bonds is 8. The lowest BCUT2D eigenvalue weighted by Gasteiger charge is -2.36. The Morgan fingerprint density at radius 1 is 0.875 bits per heavy atom. The molecule has 0 fully saturated rings. The SMILES string of the molecule is COC(=O)COc1cccc2c1CC(Cc1ccccc1)(C(=O)OC)N2C(=O)c1ccc(C(C)(C)C)c(OC)c1. The van der Waals surface area contributed by atoms with Crippen LogP contribution < -0.4 is 14.4 Å². The lowest BCUT2D eigenvalue weighted by atomic mass is 9.85. The van der Waals surface area contributed by atoms with Crippen molar-refractivity contribution in [2.75, 3.05) is 32.8 Å². The van der Waals surface area contributed by atoms with Gasteiger partial charge in [-0.2, -0.15) is 0 Å². The second kappa shape index (κ2) is 11.4. The van der Waals surface area contributed by atoms with Crippen LogP contribution in [0.25, 0.3) is 0 Å². The summed E-state index contributed by atoms with van der Waals surface area (Å²) in [4.78, 5) is 41.5. The summed E-state index contributed by atoms with van der Waals surface area (Å²) in [5.41, 5.74) is 1.69. The van der Waals surface area contributed by atoms with E-state index in [1.54, 1.807) is 37.4 Å². The molecule has 0 saturated carbocycles. The van der Waals surface area contributed by atoms with Gasteiger partial charge in [-0.05, 0) is 40.8 Å². The molecule has 0 saturated heterocycles. The number of ether oxygens (including phenoxy) is 4. The molecule has 0 bridgehead atoms. The second-order valence-corrected chi connectivity index (χ2v) is 10.8. The maximum atomic E-state index is 14.4. The van der Waals surface area contributed by atoms with Crippen LogP contribution in [0.2, 0.25) is 0 Å². The van der Waals surface area contributed by atoms with E-state index in [9.17, 15) is 14.4 Å². The normalized spacial score (nSPS) is 16.2. The van der Waals surface area contributed by atoms with Crippen molar-refractivity contribution in [3.8, 4) is 11.5 Å². The van der Waals surface area contributed by atoms with Gasteiger partial charge in [0.05, 0.1) is 27.0 Å². The molecule has 8 nitrogen and oxygen atoms in total. The van der Waals surface area contributed by atoms with Crippen LogP contribution in [0.4, 0.5) is 5.69 Å². The number of amides is 1. The zero-order valence-electron chi connectivity index (χ0n) is 23.8. The van der Waals surface area contributed by atoms with Gasteiger partial charge in [0.1, 0.15) is 11.5 Å². The van der Waals surface area contributed by atoms with E-state index in [0.29, 0.717) is 28.3 Å². The minimum Gasteiger partial charge on any atom is -0.496 e. The highest BCUT2D eigenvalue weighted by Gasteiger charge is 2.54. The fourth-order valence-electron chi connectivity index (χ4n) is 5.25. The lowest BCUT2D eigenvalue weighted by molar-refractivity contribution is -0.147. The molecule has 0 spiro atoms. The van der Waals surface area contributed by atoms with Crippen molar-refractivity contribution in [2.45, 2.75) is 44.6 Å². The first-order chi connectivity index (χ1) is 19.1. The molecule has 1 heterocycles.